The van der Waals surface area contributed by atoms with Gasteiger partial charge in [-0.1, -0.05) is 48.5 Å². The van der Waals surface area contributed by atoms with E-state index in [2.05, 4.69) is 10.6 Å². The number of para-hydroxylation sites is 1. The molecule has 0 saturated carbocycles. The van der Waals surface area contributed by atoms with Crippen LogP contribution in [-0.2, 0) is 27.3 Å². The number of hydrogen-bond acceptors (Lipinski definition) is 4. The molecule has 0 aromatic heterocycles. The molecule has 2 N–H and O–H groups in total. The first-order valence-corrected chi connectivity index (χ1v) is 11.7. The fourth-order valence-corrected chi connectivity index (χ4v) is 4.05. The molecule has 1 aliphatic rings. The van der Waals surface area contributed by atoms with Gasteiger partial charge in [0.25, 0.3) is 0 Å². The molecule has 2 aromatic carbocycles. The normalized spacial score (nSPS) is 16.0. The maximum atomic E-state index is 13.6. The molecule has 1 heterocycles. The van der Waals surface area contributed by atoms with Crippen LogP contribution in [0.4, 0.5) is 10.5 Å². The molecule has 34 heavy (non-hydrogen) atoms. The minimum absolute atomic E-state index is 0.0236. The van der Waals surface area contributed by atoms with Crippen molar-refractivity contribution in [1.29, 1.82) is 0 Å². The minimum Gasteiger partial charge on any atom is -0.444 e. The van der Waals surface area contributed by atoms with E-state index in [1.165, 1.54) is 0 Å². The average Bonchev–Trinajstić information content (AvgIpc) is 2.88. The highest BCUT2D eigenvalue weighted by molar-refractivity contribution is 5.98. The lowest BCUT2D eigenvalue weighted by atomic mass is 9.98. The molecule has 2 aromatic rings. The Morgan fingerprint density at radius 1 is 1.03 bits per heavy atom. The standard InChI is InChI=1S/C27H35N3O4/c1-26(2,3)34-25(33)29-27(4,5)17-23(31)30(18-19-11-7-6-8-12-19)22-16-15-20-13-9-10-14-21(20)28-24(22)32/h6-14,22H,15-18H2,1-5H3,(H,28,32)(H,29,33)/t22-/m1/s1. The summed E-state index contributed by atoms with van der Waals surface area (Å²) >= 11 is 0. The monoisotopic (exact) mass is 465 g/mol. The van der Waals surface area contributed by atoms with Gasteiger partial charge in [-0.25, -0.2) is 4.79 Å². The summed E-state index contributed by atoms with van der Waals surface area (Å²) in [5.74, 6) is -0.414. The average molecular weight is 466 g/mol. The molecule has 7 heteroatoms. The number of carbonyl (C=O) groups is 3. The fourth-order valence-electron chi connectivity index (χ4n) is 4.05. The summed E-state index contributed by atoms with van der Waals surface area (Å²) in [4.78, 5) is 40.8. The zero-order chi connectivity index (χ0) is 24.9. The molecule has 0 aliphatic carbocycles. The van der Waals surface area contributed by atoms with E-state index in [9.17, 15) is 14.4 Å². The topological polar surface area (TPSA) is 87.7 Å². The zero-order valence-corrected chi connectivity index (χ0v) is 20.7. The van der Waals surface area contributed by atoms with E-state index in [1.54, 1.807) is 39.5 Å². The fraction of sp³-hybridized carbons (Fsp3) is 0.444. The van der Waals surface area contributed by atoms with Crippen molar-refractivity contribution in [2.75, 3.05) is 5.32 Å². The summed E-state index contributed by atoms with van der Waals surface area (Å²) in [5.41, 5.74) is 1.27. The Kier molecular flexibility index (Phi) is 7.64. The second kappa shape index (κ2) is 10.3. The Morgan fingerprint density at radius 2 is 1.68 bits per heavy atom. The van der Waals surface area contributed by atoms with Crippen LogP contribution in [0.15, 0.2) is 54.6 Å². The van der Waals surface area contributed by atoms with Gasteiger partial charge < -0.3 is 20.3 Å². The number of rotatable bonds is 6. The molecule has 0 saturated heterocycles. The van der Waals surface area contributed by atoms with Crippen molar-refractivity contribution in [2.24, 2.45) is 0 Å². The second-order valence-electron chi connectivity index (χ2n) is 10.4. The smallest absolute Gasteiger partial charge is 0.408 e. The van der Waals surface area contributed by atoms with E-state index in [1.807, 2.05) is 54.6 Å². The van der Waals surface area contributed by atoms with Crippen molar-refractivity contribution in [3.05, 3.63) is 65.7 Å². The molecule has 3 rings (SSSR count). The van der Waals surface area contributed by atoms with E-state index in [0.717, 1.165) is 16.8 Å². The van der Waals surface area contributed by atoms with Crippen molar-refractivity contribution in [3.63, 3.8) is 0 Å². The van der Waals surface area contributed by atoms with E-state index in [4.69, 9.17) is 4.74 Å². The molecule has 1 aliphatic heterocycles. The van der Waals surface area contributed by atoms with Gasteiger partial charge in [-0.2, -0.15) is 0 Å². The van der Waals surface area contributed by atoms with Crippen LogP contribution in [-0.4, -0.2) is 40.0 Å². The Morgan fingerprint density at radius 3 is 2.35 bits per heavy atom. The molecule has 7 nitrogen and oxygen atoms in total. The van der Waals surface area contributed by atoms with Crippen LogP contribution < -0.4 is 10.6 Å². The predicted octanol–water partition coefficient (Wildman–Crippen LogP) is 4.66. The van der Waals surface area contributed by atoms with Gasteiger partial charge in [0.15, 0.2) is 0 Å². The zero-order valence-electron chi connectivity index (χ0n) is 20.7. The summed E-state index contributed by atoms with van der Waals surface area (Å²) < 4.78 is 5.36. The predicted molar refractivity (Wildman–Crippen MR) is 132 cm³/mol. The molecular weight excluding hydrogens is 430 g/mol. The van der Waals surface area contributed by atoms with E-state index >= 15 is 0 Å². The number of benzene rings is 2. The van der Waals surface area contributed by atoms with Gasteiger partial charge in [-0.05, 0) is 64.7 Å². The largest absolute Gasteiger partial charge is 0.444 e. The lowest BCUT2D eigenvalue weighted by Crippen LogP contribution is -2.52. The summed E-state index contributed by atoms with van der Waals surface area (Å²) in [5, 5.41) is 5.79. The SMILES string of the molecule is CC(C)(CC(=O)N(Cc1ccccc1)[C@@H]1CCc2ccccc2NC1=O)NC(=O)OC(C)(C)C. The quantitative estimate of drug-likeness (QED) is 0.649. The van der Waals surface area contributed by atoms with Gasteiger partial charge in [0.1, 0.15) is 11.6 Å². The highest BCUT2D eigenvalue weighted by Crippen LogP contribution is 2.26. The molecule has 182 valence electrons. The molecule has 0 bridgehead atoms. The van der Waals surface area contributed by atoms with Gasteiger partial charge in [0.2, 0.25) is 11.8 Å². The number of nitrogens with zero attached hydrogens (tertiary/aromatic N) is 1. The third-order valence-electron chi connectivity index (χ3n) is 5.59. The van der Waals surface area contributed by atoms with Crippen molar-refractivity contribution in [1.82, 2.24) is 10.2 Å². The Hall–Kier alpha value is -3.35. The van der Waals surface area contributed by atoms with Crippen LogP contribution in [0.1, 0.15) is 58.6 Å². The van der Waals surface area contributed by atoms with E-state index in [0.29, 0.717) is 19.4 Å². The number of hydrogen-bond donors (Lipinski definition) is 2. The van der Waals surface area contributed by atoms with Crippen LogP contribution >= 0.6 is 0 Å². The van der Waals surface area contributed by atoms with E-state index in [-0.39, 0.29) is 18.2 Å². The molecule has 0 spiro atoms. The molecule has 0 unspecified atom stereocenters. The summed E-state index contributed by atoms with van der Waals surface area (Å²) in [7, 11) is 0. The summed E-state index contributed by atoms with van der Waals surface area (Å²) in [6.45, 7) is 9.21. The number of anilines is 1. The number of aryl methyl sites for hydroxylation is 1. The van der Waals surface area contributed by atoms with Gasteiger partial charge in [0.05, 0.1) is 0 Å². The second-order valence-corrected chi connectivity index (χ2v) is 10.4. The van der Waals surface area contributed by atoms with Gasteiger partial charge in [0, 0.05) is 24.2 Å². The molecule has 3 amide bonds. The van der Waals surface area contributed by atoms with Gasteiger partial charge in [-0.3, -0.25) is 9.59 Å². The lowest BCUT2D eigenvalue weighted by molar-refractivity contribution is -0.140. The number of ether oxygens (including phenoxy) is 1. The van der Waals surface area contributed by atoms with Crippen LogP contribution in [0.5, 0.6) is 0 Å². The maximum absolute atomic E-state index is 13.6. The van der Waals surface area contributed by atoms with Crippen LogP contribution in [0.2, 0.25) is 0 Å². The minimum atomic E-state index is -0.863. The first-order valence-electron chi connectivity index (χ1n) is 11.7. The number of fused-ring (bicyclic) bond motifs is 1. The van der Waals surface area contributed by atoms with Crippen molar-refractivity contribution >= 4 is 23.6 Å². The van der Waals surface area contributed by atoms with Crippen molar-refractivity contribution in [2.45, 2.75) is 77.6 Å². The Balaban J connectivity index is 1.81. The summed E-state index contributed by atoms with van der Waals surface area (Å²) in [6.07, 6.45) is 0.636. The maximum Gasteiger partial charge on any atom is 0.408 e. The molecule has 1 atom stereocenters. The molecule has 0 fully saturated rings. The van der Waals surface area contributed by atoms with Crippen LogP contribution in [0, 0.1) is 0 Å². The highest BCUT2D eigenvalue weighted by atomic mass is 16.6. The highest BCUT2D eigenvalue weighted by Gasteiger charge is 2.35. The van der Waals surface area contributed by atoms with Crippen molar-refractivity contribution < 1.29 is 19.1 Å². The number of nitrogens with one attached hydrogen (secondary N) is 2. The third-order valence-corrected chi connectivity index (χ3v) is 5.59. The number of alkyl carbamates (subject to hydrolysis) is 1. The number of carbonyl (C=O) groups excluding carboxylic acids is 3. The summed E-state index contributed by atoms with van der Waals surface area (Å²) in [6, 6.07) is 16.7. The lowest BCUT2D eigenvalue weighted by Gasteiger charge is -2.34. The van der Waals surface area contributed by atoms with E-state index < -0.39 is 23.3 Å². The first kappa shape index (κ1) is 25.3. The van der Waals surface area contributed by atoms with Gasteiger partial charge in [-0.15, -0.1) is 0 Å². The van der Waals surface area contributed by atoms with Crippen molar-refractivity contribution in [3.8, 4) is 0 Å². The Labute approximate surface area is 201 Å². The molecule has 0 radical (unpaired) electrons. The van der Waals surface area contributed by atoms with Crippen LogP contribution in [0.25, 0.3) is 0 Å². The Bertz CT molecular complexity index is 1030. The first-order chi connectivity index (χ1) is 15.9. The molecular formula is C27H35N3O4. The third kappa shape index (κ3) is 7.07. The van der Waals surface area contributed by atoms with Gasteiger partial charge >= 0.3 is 6.09 Å². The van der Waals surface area contributed by atoms with Crippen LogP contribution in [0.3, 0.4) is 0 Å². The number of amides is 3.